The highest BCUT2D eigenvalue weighted by molar-refractivity contribution is 5.66. The molecule has 1 aromatic rings. The Kier molecular flexibility index (Phi) is 11.7. The third kappa shape index (κ3) is 12.2. The maximum Gasteiger partial charge on any atom is 0.303 e. The van der Waals surface area contributed by atoms with Crippen molar-refractivity contribution >= 4 is 11.9 Å². The lowest BCUT2D eigenvalue weighted by Gasteiger charge is -2.09. The molecule has 0 spiro atoms. The second kappa shape index (κ2) is 14.0. The van der Waals surface area contributed by atoms with E-state index in [1.165, 1.54) is 0 Å². The summed E-state index contributed by atoms with van der Waals surface area (Å²) < 4.78 is 11.3. The SMILES string of the molecule is O=C(O)CCCCCCOc1ccc(OCCCCCCC(=O)O)cc1. The van der Waals surface area contributed by atoms with Gasteiger partial charge in [-0.05, 0) is 49.9 Å². The number of benzene rings is 1. The highest BCUT2D eigenvalue weighted by Crippen LogP contribution is 2.18. The van der Waals surface area contributed by atoms with Gasteiger partial charge in [-0.15, -0.1) is 0 Å². The van der Waals surface area contributed by atoms with Crippen molar-refractivity contribution < 1.29 is 29.3 Å². The molecule has 0 bridgehead atoms. The molecular formula is C20H30O6. The average molecular weight is 366 g/mol. The lowest BCUT2D eigenvalue weighted by atomic mass is 10.1. The lowest BCUT2D eigenvalue weighted by Crippen LogP contribution is -2.00. The predicted molar refractivity (Wildman–Crippen MR) is 98.9 cm³/mol. The van der Waals surface area contributed by atoms with Gasteiger partial charge in [0.15, 0.2) is 0 Å². The first-order valence-corrected chi connectivity index (χ1v) is 9.37. The number of rotatable bonds is 16. The molecule has 0 aliphatic rings. The number of carboxylic acid groups (broad SMARTS) is 2. The quantitative estimate of drug-likeness (QED) is 0.418. The van der Waals surface area contributed by atoms with Gasteiger partial charge in [0.1, 0.15) is 11.5 Å². The Bertz CT molecular complexity index is 465. The van der Waals surface area contributed by atoms with E-state index in [2.05, 4.69) is 0 Å². The van der Waals surface area contributed by atoms with Gasteiger partial charge in [-0.1, -0.05) is 25.7 Å². The zero-order valence-corrected chi connectivity index (χ0v) is 15.3. The van der Waals surface area contributed by atoms with Gasteiger partial charge >= 0.3 is 11.9 Å². The van der Waals surface area contributed by atoms with Gasteiger partial charge in [-0.3, -0.25) is 9.59 Å². The van der Waals surface area contributed by atoms with Crippen molar-refractivity contribution in [2.45, 2.75) is 64.2 Å². The summed E-state index contributed by atoms with van der Waals surface area (Å²) in [5, 5.41) is 17.1. The normalized spacial score (nSPS) is 10.5. The fourth-order valence-corrected chi connectivity index (χ4v) is 2.48. The van der Waals surface area contributed by atoms with Crippen LogP contribution in [0, 0.1) is 0 Å². The van der Waals surface area contributed by atoms with E-state index in [1.54, 1.807) is 0 Å². The van der Waals surface area contributed by atoms with E-state index in [9.17, 15) is 9.59 Å². The van der Waals surface area contributed by atoms with Crippen molar-refractivity contribution in [1.29, 1.82) is 0 Å². The number of hydrogen-bond donors (Lipinski definition) is 2. The van der Waals surface area contributed by atoms with E-state index < -0.39 is 11.9 Å². The van der Waals surface area contributed by atoms with Crippen molar-refractivity contribution in [2.24, 2.45) is 0 Å². The molecule has 146 valence electrons. The number of carboxylic acids is 2. The van der Waals surface area contributed by atoms with Crippen molar-refractivity contribution in [3.8, 4) is 11.5 Å². The van der Waals surface area contributed by atoms with Crippen molar-refractivity contribution in [2.75, 3.05) is 13.2 Å². The molecule has 0 unspecified atom stereocenters. The van der Waals surface area contributed by atoms with Gasteiger partial charge in [0, 0.05) is 12.8 Å². The molecule has 0 radical (unpaired) electrons. The van der Waals surface area contributed by atoms with E-state index in [4.69, 9.17) is 19.7 Å². The number of ether oxygens (including phenoxy) is 2. The second-order valence-corrected chi connectivity index (χ2v) is 6.28. The molecule has 6 heteroatoms. The zero-order chi connectivity index (χ0) is 19.0. The van der Waals surface area contributed by atoms with E-state index in [1.807, 2.05) is 24.3 Å². The number of unbranched alkanes of at least 4 members (excludes halogenated alkanes) is 6. The van der Waals surface area contributed by atoms with E-state index in [0.717, 1.165) is 62.9 Å². The van der Waals surface area contributed by atoms with Gasteiger partial charge < -0.3 is 19.7 Å². The van der Waals surface area contributed by atoms with Crippen LogP contribution in [0.3, 0.4) is 0 Å². The van der Waals surface area contributed by atoms with E-state index in [0.29, 0.717) is 13.2 Å². The average Bonchev–Trinajstić information content (AvgIpc) is 2.60. The van der Waals surface area contributed by atoms with Crippen LogP contribution in [-0.2, 0) is 9.59 Å². The van der Waals surface area contributed by atoms with Gasteiger partial charge in [0.2, 0.25) is 0 Å². The highest BCUT2D eigenvalue weighted by Gasteiger charge is 2.00. The van der Waals surface area contributed by atoms with Crippen LogP contribution in [0.25, 0.3) is 0 Å². The smallest absolute Gasteiger partial charge is 0.303 e. The summed E-state index contributed by atoms with van der Waals surface area (Å²) in [5.41, 5.74) is 0. The Morgan fingerprint density at radius 2 is 0.962 bits per heavy atom. The first-order chi connectivity index (χ1) is 12.6. The zero-order valence-electron chi connectivity index (χ0n) is 15.3. The van der Waals surface area contributed by atoms with Crippen molar-refractivity contribution in [1.82, 2.24) is 0 Å². The molecule has 0 aliphatic heterocycles. The Labute approximate surface area is 155 Å². The van der Waals surface area contributed by atoms with Crippen molar-refractivity contribution in [3.05, 3.63) is 24.3 Å². The largest absolute Gasteiger partial charge is 0.494 e. The minimum Gasteiger partial charge on any atom is -0.494 e. The highest BCUT2D eigenvalue weighted by atomic mass is 16.5. The van der Waals surface area contributed by atoms with Crippen LogP contribution in [0.5, 0.6) is 11.5 Å². The fraction of sp³-hybridized carbons (Fsp3) is 0.600. The van der Waals surface area contributed by atoms with Crippen LogP contribution in [0.15, 0.2) is 24.3 Å². The maximum absolute atomic E-state index is 10.4. The van der Waals surface area contributed by atoms with Crippen LogP contribution >= 0.6 is 0 Å². The van der Waals surface area contributed by atoms with Crippen LogP contribution < -0.4 is 9.47 Å². The molecule has 0 fully saturated rings. The number of carbonyl (C=O) groups is 2. The minimum absolute atomic E-state index is 0.241. The molecule has 0 aliphatic carbocycles. The summed E-state index contributed by atoms with van der Waals surface area (Å²) in [6, 6.07) is 7.53. The summed E-state index contributed by atoms with van der Waals surface area (Å²) >= 11 is 0. The standard InChI is InChI=1S/C20H30O6/c21-19(22)9-5-1-3-7-15-25-17-11-13-18(14-12-17)26-16-8-4-2-6-10-20(23)24/h11-14H,1-10,15-16H2,(H,21,22)(H,23,24). The molecule has 26 heavy (non-hydrogen) atoms. The molecule has 0 atom stereocenters. The molecule has 0 heterocycles. The first kappa shape index (κ1) is 21.8. The third-order valence-electron chi connectivity index (χ3n) is 3.93. The van der Waals surface area contributed by atoms with Crippen LogP contribution in [-0.4, -0.2) is 35.4 Å². The molecule has 0 saturated carbocycles. The van der Waals surface area contributed by atoms with Gasteiger partial charge in [-0.25, -0.2) is 0 Å². The molecule has 2 N–H and O–H groups in total. The minimum atomic E-state index is -0.734. The predicted octanol–water partition coefficient (Wildman–Crippen LogP) is 4.51. The molecule has 1 rings (SSSR count). The molecule has 1 aromatic carbocycles. The Balaban J connectivity index is 2.03. The molecule has 0 aromatic heterocycles. The van der Waals surface area contributed by atoms with Gasteiger partial charge in [-0.2, -0.15) is 0 Å². The monoisotopic (exact) mass is 366 g/mol. The Hall–Kier alpha value is -2.24. The van der Waals surface area contributed by atoms with E-state index >= 15 is 0 Å². The van der Waals surface area contributed by atoms with Gasteiger partial charge in [0.25, 0.3) is 0 Å². The van der Waals surface area contributed by atoms with Crippen molar-refractivity contribution in [3.63, 3.8) is 0 Å². The Morgan fingerprint density at radius 3 is 1.31 bits per heavy atom. The topological polar surface area (TPSA) is 93.1 Å². The third-order valence-corrected chi connectivity index (χ3v) is 3.93. The van der Waals surface area contributed by atoms with Crippen LogP contribution in [0.4, 0.5) is 0 Å². The Morgan fingerprint density at radius 1 is 0.615 bits per heavy atom. The number of hydrogen-bond acceptors (Lipinski definition) is 4. The molecule has 0 saturated heterocycles. The maximum atomic E-state index is 10.4. The fourth-order valence-electron chi connectivity index (χ4n) is 2.48. The summed E-state index contributed by atoms with van der Waals surface area (Å²) in [6.07, 6.45) is 7.54. The molecule has 6 nitrogen and oxygen atoms in total. The van der Waals surface area contributed by atoms with Crippen LogP contribution in [0.1, 0.15) is 64.2 Å². The first-order valence-electron chi connectivity index (χ1n) is 9.37. The van der Waals surface area contributed by atoms with Gasteiger partial charge in [0.05, 0.1) is 13.2 Å². The van der Waals surface area contributed by atoms with Crippen LogP contribution in [0.2, 0.25) is 0 Å². The van der Waals surface area contributed by atoms with E-state index in [-0.39, 0.29) is 12.8 Å². The second-order valence-electron chi connectivity index (χ2n) is 6.28. The summed E-state index contributed by atoms with van der Waals surface area (Å²) in [5.74, 6) is 0.136. The lowest BCUT2D eigenvalue weighted by molar-refractivity contribution is -0.138. The molecular weight excluding hydrogens is 336 g/mol. The summed E-state index contributed by atoms with van der Waals surface area (Å²) in [6.45, 7) is 1.26. The molecule has 0 amide bonds. The summed E-state index contributed by atoms with van der Waals surface area (Å²) in [7, 11) is 0. The summed E-state index contributed by atoms with van der Waals surface area (Å²) in [4.78, 5) is 20.8. The number of aliphatic carboxylic acids is 2.